The van der Waals surface area contributed by atoms with E-state index in [1.807, 2.05) is 13.8 Å². The molecule has 0 aromatic heterocycles. The molecule has 2 aromatic rings. The van der Waals surface area contributed by atoms with Crippen LogP contribution in [0.25, 0.3) is 5.53 Å². The Balaban J connectivity index is 2.27. The van der Waals surface area contributed by atoms with Gasteiger partial charge in [0.05, 0.1) is 23.0 Å². The fraction of sp³-hybridized carbons (Fsp3) is 0.381. The van der Waals surface area contributed by atoms with Gasteiger partial charge in [-0.2, -0.15) is 0 Å². The number of hydrogen-bond acceptors (Lipinski definition) is 6. The van der Waals surface area contributed by atoms with Crippen LogP contribution in [0.1, 0.15) is 39.5 Å². The van der Waals surface area contributed by atoms with Crippen molar-refractivity contribution in [1.29, 1.82) is 0 Å². The van der Waals surface area contributed by atoms with E-state index in [-0.39, 0.29) is 9.79 Å². The lowest BCUT2D eigenvalue weighted by molar-refractivity contribution is 0.00380. The summed E-state index contributed by atoms with van der Waals surface area (Å²) < 4.78 is 61.1. The molecule has 0 aliphatic carbocycles. The predicted octanol–water partition coefficient (Wildman–Crippen LogP) is 3.88. The number of benzene rings is 2. The molecular formula is C21H26N2O6S2. The summed E-state index contributed by atoms with van der Waals surface area (Å²) in [6.45, 7) is 5.00. The minimum Gasteiger partial charge on any atom is -0.494 e. The van der Waals surface area contributed by atoms with Crippen molar-refractivity contribution in [3.8, 4) is 11.5 Å². The van der Waals surface area contributed by atoms with Gasteiger partial charge in [0.2, 0.25) is 0 Å². The van der Waals surface area contributed by atoms with E-state index in [4.69, 9.17) is 9.47 Å². The highest BCUT2D eigenvalue weighted by molar-refractivity contribution is 8.31. The van der Waals surface area contributed by atoms with Crippen LogP contribution in [0.15, 0.2) is 58.3 Å². The van der Waals surface area contributed by atoms with Crippen LogP contribution in [0.4, 0.5) is 0 Å². The highest BCUT2D eigenvalue weighted by Crippen LogP contribution is 2.24. The molecule has 31 heavy (non-hydrogen) atoms. The Morgan fingerprint density at radius 3 is 1.39 bits per heavy atom. The van der Waals surface area contributed by atoms with Gasteiger partial charge in [0.1, 0.15) is 11.5 Å². The highest BCUT2D eigenvalue weighted by Gasteiger charge is 2.44. The van der Waals surface area contributed by atoms with Gasteiger partial charge in [0.25, 0.3) is 19.7 Å². The molecule has 0 heterocycles. The van der Waals surface area contributed by atoms with Crippen molar-refractivity contribution in [3.05, 3.63) is 54.1 Å². The number of ether oxygens (including phenoxy) is 2. The molecule has 168 valence electrons. The van der Waals surface area contributed by atoms with Gasteiger partial charge in [-0.3, -0.25) is 0 Å². The molecule has 0 fully saturated rings. The Morgan fingerprint density at radius 1 is 0.742 bits per heavy atom. The maximum Gasteiger partial charge on any atom is 0.504 e. The van der Waals surface area contributed by atoms with Gasteiger partial charge in [0.15, 0.2) is 0 Å². The van der Waals surface area contributed by atoms with Crippen LogP contribution < -0.4 is 9.47 Å². The van der Waals surface area contributed by atoms with Crippen molar-refractivity contribution < 1.29 is 31.1 Å². The molecule has 0 saturated carbocycles. The lowest BCUT2D eigenvalue weighted by Crippen LogP contribution is -2.26. The fourth-order valence-electron chi connectivity index (χ4n) is 2.55. The molecule has 0 unspecified atom stereocenters. The normalized spacial score (nSPS) is 11.5. The molecule has 2 aromatic carbocycles. The first kappa shape index (κ1) is 24.6. The zero-order valence-corrected chi connectivity index (χ0v) is 19.2. The van der Waals surface area contributed by atoms with Crippen molar-refractivity contribution in [2.45, 2.75) is 49.3 Å². The molecule has 0 bridgehead atoms. The molecule has 8 nitrogen and oxygen atoms in total. The van der Waals surface area contributed by atoms with Gasteiger partial charge in [-0.1, -0.05) is 26.7 Å². The monoisotopic (exact) mass is 466 g/mol. The molecular weight excluding hydrogens is 440 g/mol. The van der Waals surface area contributed by atoms with Gasteiger partial charge >= 0.3 is 4.38 Å². The third-order valence-corrected chi connectivity index (χ3v) is 8.53. The second-order valence-corrected chi connectivity index (χ2v) is 10.7. The summed E-state index contributed by atoms with van der Waals surface area (Å²) in [6.07, 6.45) is 3.60. The van der Waals surface area contributed by atoms with E-state index in [2.05, 4.69) is 4.79 Å². The van der Waals surface area contributed by atoms with Crippen LogP contribution >= 0.6 is 0 Å². The minimum absolute atomic E-state index is 0.328. The third kappa shape index (κ3) is 6.16. The summed E-state index contributed by atoms with van der Waals surface area (Å²) in [6, 6.07) is 10.5. The molecule has 0 saturated heterocycles. The van der Waals surface area contributed by atoms with Crippen LogP contribution in [0.3, 0.4) is 0 Å². The smallest absolute Gasteiger partial charge is 0.494 e. The molecule has 0 amide bonds. The van der Waals surface area contributed by atoms with Crippen LogP contribution in [-0.4, -0.2) is 39.2 Å². The van der Waals surface area contributed by atoms with E-state index < -0.39 is 24.1 Å². The summed E-state index contributed by atoms with van der Waals surface area (Å²) in [5, 5.41) is 0. The van der Waals surface area contributed by atoms with E-state index in [9.17, 15) is 22.4 Å². The number of hydrogen-bond donors (Lipinski definition) is 0. The molecule has 0 spiro atoms. The van der Waals surface area contributed by atoms with E-state index in [0.29, 0.717) is 24.7 Å². The number of unbranched alkanes of at least 4 members (excludes halogenated alkanes) is 2. The van der Waals surface area contributed by atoms with Gasteiger partial charge in [-0.25, -0.2) is 16.8 Å². The maximum absolute atomic E-state index is 12.9. The number of rotatable bonds is 10. The summed E-state index contributed by atoms with van der Waals surface area (Å²) in [5.41, 5.74) is 9.30. The SMILES string of the molecule is CCCCOc1ccc(S(=O)(=O)C(=[N+]=[N-])S(=O)(=O)c2ccc(OCCCC)cc2)cc1. The van der Waals surface area contributed by atoms with Crippen LogP contribution in [0, 0.1) is 0 Å². The fourth-order valence-corrected chi connectivity index (χ4v) is 5.89. The summed E-state index contributed by atoms with van der Waals surface area (Å²) in [5.74, 6) is 0.910. The Hall–Kier alpha value is -2.68. The lowest BCUT2D eigenvalue weighted by atomic mass is 10.3. The minimum atomic E-state index is -4.60. The zero-order chi connectivity index (χ0) is 22.9. The Kier molecular flexibility index (Phi) is 8.79. The predicted molar refractivity (Wildman–Crippen MR) is 117 cm³/mol. The first-order valence-corrected chi connectivity index (χ1v) is 12.9. The molecule has 10 heteroatoms. The topological polar surface area (TPSA) is 123 Å². The Bertz CT molecular complexity index is 1030. The van der Waals surface area contributed by atoms with Crippen LogP contribution in [-0.2, 0) is 19.7 Å². The van der Waals surface area contributed by atoms with Crippen LogP contribution in [0.2, 0.25) is 0 Å². The average molecular weight is 467 g/mol. The number of sulfone groups is 2. The molecule has 0 aliphatic heterocycles. The van der Waals surface area contributed by atoms with Crippen molar-refractivity contribution in [2.75, 3.05) is 13.2 Å². The lowest BCUT2D eigenvalue weighted by Gasteiger charge is -2.07. The molecule has 0 aliphatic rings. The highest BCUT2D eigenvalue weighted by atomic mass is 32.3. The van der Waals surface area contributed by atoms with Crippen molar-refractivity contribution in [2.24, 2.45) is 0 Å². The van der Waals surface area contributed by atoms with E-state index in [0.717, 1.165) is 25.7 Å². The third-order valence-electron chi connectivity index (χ3n) is 4.34. The summed E-state index contributed by atoms with van der Waals surface area (Å²) in [4.78, 5) is 1.97. The first-order chi connectivity index (χ1) is 14.8. The largest absolute Gasteiger partial charge is 0.504 e. The molecule has 2 rings (SSSR count). The molecule has 0 atom stereocenters. The van der Waals surface area contributed by atoms with Crippen molar-refractivity contribution >= 4 is 24.1 Å². The van der Waals surface area contributed by atoms with Crippen molar-refractivity contribution in [3.63, 3.8) is 0 Å². The Labute approximate surface area is 183 Å². The Morgan fingerprint density at radius 2 is 1.10 bits per heavy atom. The van der Waals surface area contributed by atoms with Crippen LogP contribution in [0.5, 0.6) is 11.5 Å². The zero-order valence-electron chi connectivity index (χ0n) is 17.5. The van der Waals surface area contributed by atoms with Gasteiger partial charge in [-0.15, -0.1) is 4.79 Å². The standard InChI is InChI=1S/C21H26N2O6S2/c1-3-5-15-28-17-7-11-19(12-8-17)30(24,25)21(23-22)31(26,27)20-13-9-18(10-14-20)29-16-6-4-2/h7-14H,3-6,15-16H2,1-2H3. The second-order valence-electron chi connectivity index (χ2n) is 6.72. The van der Waals surface area contributed by atoms with Gasteiger partial charge in [0, 0.05) is 0 Å². The van der Waals surface area contributed by atoms with Crippen molar-refractivity contribution in [1.82, 2.24) is 0 Å². The molecule has 0 radical (unpaired) electrons. The summed E-state index contributed by atoms with van der Waals surface area (Å²) >= 11 is 0. The van der Waals surface area contributed by atoms with E-state index in [1.54, 1.807) is 0 Å². The van der Waals surface area contributed by atoms with E-state index >= 15 is 0 Å². The first-order valence-electron chi connectivity index (χ1n) is 9.95. The maximum atomic E-state index is 12.9. The average Bonchev–Trinajstić information content (AvgIpc) is 2.75. The van der Waals surface area contributed by atoms with E-state index in [1.165, 1.54) is 48.5 Å². The molecule has 0 N–H and O–H groups in total. The quantitative estimate of drug-likeness (QED) is 0.172. The second kappa shape index (κ2) is 11.1. The number of nitrogens with zero attached hydrogens (tertiary/aromatic N) is 2. The summed E-state index contributed by atoms with van der Waals surface area (Å²) in [7, 11) is -9.20. The van der Waals surface area contributed by atoms with Gasteiger partial charge in [-0.05, 0) is 61.4 Å². The van der Waals surface area contributed by atoms with Gasteiger partial charge < -0.3 is 15.0 Å².